The zero-order valence-electron chi connectivity index (χ0n) is 8.62. The number of carbonyl (C=O) groups is 2. The monoisotopic (exact) mass is 217 g/mol. The summed E-state index contributed by atoms with van der Waals surface area (Å²) in [4.78, 5) is 22.3. The number of carboxylic acid groups (broad SMARTS) is 1. The van der Waals surface area contributed by atoms with Crippen LogP contribution in [0.3, 0.4) is 0 Å². The maximum atomic E-state index is 11.2. The summed E-state index contributed by atoms with van der Waals surface area (Å²) in [7, 11) is 0. The first-order chi connectivity index (χ1) is 7.10. The molecule has 15 heavy (non-hydrogen) atoms. The molecule has 0 aromatic rings. The number of carbonyl (C=O) groups excluding carboxylic acids is 1. The van der Waals surface area contributed by atoms with Gasteiger partial charge in [-0.25, -0.2) is 9.59 Å². The average Bonchev–Trinajstić information content (AvgIpc) is 2.19. The third kappa shape index (κ3) is 2.82. The van der Waals surface area contributed by atoms with Gasteiger partial charge in [0.15, 0.2) is 0 Å². The Bertz CT molecular complexity index is 247. The van der Waals surface area contributed by atoms with Crippen LogP contribution in [0.15, 0.2) is 0 Å². The summed E-state index contributed by atoms with van der Waals surface area (Å²) in [5.41, 5.74) is -1.23. The highest BCUT2D eigenvalue weighted by Gasteiger charge is 2.42. The molecule has 6 heteroatoms. The fraction of sp³-hybridized carbons (Fsp3) is 0.778. The number of alkyl carbamates (subject to hydrolysis) is 1. The molecular formula is C9H15NO5. The second kappa shape index (κ2) is 4.97. The van der Waals surface area contributed by atoms with E-state index in [-0.39, 0.29) is 19.4 Å². The smallest absolute Gasteiger partial charge is 0.408 e. The van der Waals surface area contributed by atoms with Gasteiger partial charge in [0.05, 0.1) is 6.61 Å². The SMILES string of the molecule is CCOC(=O)NC1(C(=O)O)CCOCC1. The second-order valence-corrected chi connectivity index (χ2v) is 3.35. The Balaban J connectivity index is 2.64. The third-order valence-electron chi connectivity index (χ3n) is 2.37. The number of carboxylic acids is 1. The van der Waals surface area contributed by atoms with Gasteiger partial charge in [0.1, 0.15) is 5.54 Å². The molecule has 2 N–H and O–H groups in total. The van der Waals surface area contributed by atoms with Gasteiger partial charge in [0.2, 0.25) is 0 Å². The van der Waals surface area contributed by atoms with E-state index in [2.05, 4.69) is 10.1 Å². The number of ether oxygens (including phenoxy) is 2. The summed E-state index contributed by atoms with van der Waals surface area (Å²) in [6.45, 7) is 2.55. The Kier molecular flexibility index (Phi) is 3.90. The first-order valence-electron chi connectivity index (χ1n) is 4.87. The van der Waals surface area contributed by atoms with Crippen LogP contribution in [0.4, 0.5) is 4.79 Å². The third-order valence-corrected chi connectivity index (χ3v) is 2.37. The normalized spacial score (nSPS) is 19.3. The summed E-state index contributed by atoms with van der Waals surface area (Å²) < 4.78 is 9.73. The first kappa shape index (κ1) is 11.8. The molecule has 0 aliphatic carbocycles. The van der Waals surface area contributed by atoms with Gasteiger partial charge in [-0.1, -0.05) is 0 Å². The predicted molar refractivity (Wildman–Crippen MR) is 50.6 cm³/mol. The quantitative estimate of drug-likeness (QED) is 0.713. The molecule has 0 bridgehead atoms. The summed E-state index contributed by atoms with van der Waals surface area (Å²) >= 11 is 0. The van der Waals surface area contributed by atoms with Crippen molar-refractivity contribution >= 4 is 12.1 Å². The van der Waals surface area contributed by atoms with Crippen molar-refractivity contribution in [2.45, 2.75) is 25.3 Å². The zero-order valence-corrected chi connectivity index (χ0v) is 8.62. The Morgan fingerprint density at radius 2 is 2.07 bits per heavy atom. The van der Waals surface area contributed by atoms with Crippen LogP contribution in [0.5, 0.6) is 0 Å². The molecule has 1 aliphatic heterocycles. The van der Waals surface area contributed by atoms with Crippen molar-refractivity contribution in [2.24, 2.45) is 0 Å². The van der Waals surface area contributed by atoms with Gasteiger partial charge in [-0.05, 0) is 6.92 Å². The van der Waals surface area contributed by atoms with Gasteiger partial charge in [-0.2, -0.15) is 0 Å². The highest BCUT2D eigenvalue weighted by Crippen LogP contribution is 2.21. The van der Waals surface area contributed by atoms with Crippen LogP contribution in [-0.2, 0) is 14.3 Å². The Morgan fingerprint density at radius 1 is 1.47 bits per heavy atom. The zero-order chi connectivity index (χ0) is 11.3. The molecule has 0 atom stereocenters. The molecule has 0 spiro atoms. The first-order valence-corrected chi connectivity index (χ1v) is 4.87. The van der Waals surface area contributed by atoms with E-state index in [1.165, 1.54) is 0 Å². The van der Waals surface area contributed by atoms with Crippen molar-refractivity contribution in [2.75, 3.05) is 19.8 Å². The molecule has 86 valence electrons. The molecule has 1 amide bonds. The largest absolute Gasteiger partial charge is 0.480 e. The maximum absolute atomic E-state index is 11.2. The molecular weight excluding hydrogens is 202 g/mol. The van der Waals surface area contributed by atoms with Crippen LogP contribution < -0.4 is 5.32 Å². The van der Waals surface area contributed by atoms with E-state index in [1.54, 1.807) is 6.92 Å². The maximum Gasteiger partial charge on any atom is 0.408 e. The number of amides is 1. The number of hydrogen-bond donors (Lipinski definition) is 2. The van der Waals surface area contributed by atoms with E-state index in [4.69, 9.17) is 9.84 Å². The number of rotatable bonds is 3. The summed E-state index contributed by atoms with van der Waals surface area (Å²) in [6.07, 6.45) is -0.163. The van der Waals surface area contributed by atoms with Crippen LogP contribution in [0.25, 0.3) is 0 Å². The number of hydrogen-bond acceptors (Lipinski definition) is 4. The Labute approximate surface area is 87.5 Å². The van der Waals surface area contributed by atoms with Crippen LogP contribution in [-0.4, -0.2) is 42.5 Å². The molecule has 0 saturated carbocycles. The Hall–Kier alpha value is -1.30. The fourth-order valence-corrected chi connectivity index (χ4v) is 1.47. The van der Waals surface area contributed by atoms with Gasteiger partial charge in [0.25, 0.3) is 0 Å². The lowest BCUT2D eigenvalue weighted by Gasteiger charge is -2.33. The van der Waals surface area contributed by atoms with Crippen molar-refractivity contribution in [3.8, 4) is 0 Å². The molecule has 1 aliphatic rings. The van der Waals surface area contributed by atoms with Gasteiger partial charge < -0.3 is 19.9 Å². The summed E-state index contributed by atoms with van der Waals surface area (Å²) in [6, 6.07) is 0. The predicted octanol–water partition coefficient (Wildman–Crippen LogP) is 0.366. The van der Waals surface area contributed by atoms with E-state index in [1.807, 2.05) is 0 Å². The summed E-state index contributed by atoms with van der Waals surface area (Å²) in [5, 5.41) is 11.5. The van der Waals surface area contributed by atoms with E-state index in [0.29, 0.717) is 13.2 Å². The molecule has 1 rings (SSSR count). The van der Waals surface area contributed by atoms with Crippen molar-refractivity contribution < 1.29 is 24.2 Å². The minimum Gasteiger partial charge on any atom is -0.480 e. The van der Waals surface area contributed by atoms with E-state index < -0.39 is 17.6 Å². The highest BCUT2D eigenvalue weighted by atomic mass is 16.5. The van der Waals surface area contributed by atoms with Crippen LogP contribution >= 0.6 is 0 Å². The van der Waals surface area contributed by atoms with E-state index >= 15 is 0 Å². The number of nitrogens with one attached hydrogen (secondary N) is 1. The summed E-state index contributed by atoms with van der Waals surface area (Å²) in [5.74, 6) is -1.04. The van der Waals surface area contributed by atoms with Crippen molar-refractivity contribution in [3.63, 3.8) is 0 Å². The lowest BCUT2D eigenvalue weighted by molar-refractivity contribution is -0.148. The second-order valence-electron chi connectivity index (χ2n) is 3.35. The lowest BCUT2D eigenvalue weighted by Crippen LogP contribution is -2.57. The van der Waals surface area contributed by atoms with Crippen molar-refractivity contribution in [1.29, 1.82) is 0 Å². The van der Waals surface area contributed by atoms with Crippen molar-refractivity contribution in [1.82, 2.24) is 5.32 Å². The topological polar surface area (TPSA) is 84.9 Å². The molecule has 1 fully saturated rings. The lowest BCUT2D eigenvalue weighted by atomic mass is 9.90. The van der Waals surface area contributed by atoms with E-state index in [0.717, 1.165) is 0 Å². The standard InChI is InChI=1S/C9H15NO5/c1-2-15-8(13)10-9(7(11)12)3-5-14-6-4-9/h2-6H2,1H3,(H,10,13)(H,11,12). The molecule has 0 unspecified atom stereocenters. The fourth-order valence-electron chi connectivity index (χ4n) is 1.47. The minimum atomic E-state index is -1.23. The minimum absolute atomic E-state index is 0.220. The molecule has 1 heterocycles. The molecule has 0 aromatic heterocycles. The van der Waals surface area contributed by atoms with Crippen molar-refractivity contribution in [3.05, 3.63) is 0 Å². The van der Waals surface area contributed by atoms with Gasteiger partial charge in [0, 0.05) is 26.1 Å². The molecule has 1 saturated heterocycles. The van der Waals surface area contributed by atoms with Gasteiger partial charge >= 0.3 is 12.1 Å². The molecule has 0 radical (unpaired) electrons. The van der Waals surface area contributed by atoms with Crippen LogP contribution in [0, 0.1) is 0 Å². The number of aliphatic carboxylic acids is 1. The molecule has 6 nitrogen and oxygen atoms in total. The molecule has 0 aromatic carbocycles. The highest BCUT2D eigenvalue weighted by molar-refractivity contribution is 5.84. The van der Waals surface area contributed by atoms with E-state index in [9.17, 15) is 9.59 Å². The van der Waals surface area contributed by atoms with Crippen LogP contribution in [0.1, 0.15) is 19.8 Å². The average molecular weight is 217 g/mol. The van der Waals surface area contributed by atoms with Gasteiger partial charge in [-0.15, -0.1) is 0 Å². The van der Waals surface area contributed by atoms with Gasteiger partial charge in [-0.3, -0.25) is 0 Å². The van der Waals surface area contributed by atoms with Crippen LogP contribution in [0.2, 0.25) is 0 Å². The Morgan fingerprint density at radius 3 is 2.53 bits per heavy atom.